The van der Waals surface area contributed by atoms with Gasteiger partial charge < -0.3 is 5.73 Å². The van der Waals surface area contributed by atoms with Gasteiger partial charge in [0, 0.05) is 11.3 Å². The maximum absolute atomic E-state index is 5.91. The highest BCUT2D eigenvalue weighted by Gasteiger charge is 2.07. The molecule has 0 aliphatic carbocycles. The summed E-state index contributed by atoms with van der Waals surface area (Å²) in [4.78, 5) is 4.65. The zero-order valence-corrected chi connectivity index (χ0v) is 10.3. The van der Waals surface area contributed by atoms with Crippen molar-refractivity contribution in [2.45, 2.75) is 6.92 Å². The minimum absolute atomic E-state index is 0.834. The number of rotatable bonds is 1. The molecular weight excluding hydrogens is 228 g/mol. The molecule has 0 aliphatic rings. The van der Waals surface area contributed by atoms with E-state index in [4.69, 9.17) is 5.73 Å². The monoisotopic (exact) mass is 240 g/mol. The molecule has 0 saturated heterocycles. The fourth-order valence-electron chi connectivity index (χ4n) is 1.80. The summed E-state index contributed by atoms with van der Waals surface area (Å²) < 4.78 is 1.15. The summed E-state index contributed by atoms with van der Waals surface area (Å²) in [6.07, 6.45) is 0. The average molecular weight is 240 g/mol. The number of thiazole rings is 1. The average Bonchev–Trinajstić information content (AvgIpc) is 2.74. The third-order valence-electron chi connectivity index (χ3n) is 2.80. The molecule has 2 aromatic carbocycles. The zero-order chi connectivity index (χ0) is 11.8. The number of nitrogens with zero attached hydrogens (tertiary/aromatic N) is 1. The second-order valence-corrected chi connectivity index (χ2v) is 5.09. The summed E-state index contributed by atoms with van der Waals surface area (Å²) in [6, 6.07) is 14.3. The van der Waals surface area contributed by atoms with Crippen molar-refractivity contribution in [1.82, 2.24) is 4.98 Å². The van der Waals surface area contributed by atoms with Crippen LogP contribution in [0.4, 0.5) is 5.69 Å². The van der Waals surface area contributed by atoms with E-state index in [-0.39, 0.29) is 0 Å². The van der Waals surface area contributed by atoms with Crippen LogP contribution in [-0.4, -0.2) is 4.98 Å². The van der Waals surface area contributed by atoms with E-state index in [9.17, 15) is 0 Å². The standard InChI is InChI=1S/C14H12N2S/c1-9-7-12-13(8-11(9)15)17-14(16-12)10-5-3-2-4-6-10/h2-8H,15H2,1H3. The van der Waals surface area contributed by atoms with Gasteiger partial charge in [-0.25, -0.2) is 4.98 Å². The minimum atomic E-state index is 0.834. The van der Waals surface area contributed by atoms with Gasteiger partial charge in [0.25, 0.3) is 0 Å². The molecule has 0 saturated carbocycles. The molecule has 2 N–H and O–H groups in total. The van der Waals surface area contributed by atoms with E-state index in [0.29, 0.717) is 0 Å². The first kappa shape index (κ1) is 10.3. The highest BCUT2D eigenvalue weighted by molar-refractivity contribution is 7.21. The Labute approximate surface area is 104 Å². The summed E-state index contributed by atoms with van der Waals surface area (Å²) >= 11 is 1.68. The van der Waals surface area contributed by atoms with Crippen molar-refractivity contribution in [2.75, 3.05) is 5.73 Å². The number of benzene rings is 2. The van der Waals surface area contributed by atoms with Crippen LogP contribution in [0.1, 0.15) is 5.56 Å². The van der Waals surface area contributed by atoms with Gasteiger partial charge in [-0.2, -0.15) is 0 Å². The molecule has 0 bridgehead atoms. The van der Waals surface area contributed by atoms with Gasteiger partial charge in [0.2, 0.25) is 0 Å². The van der Waals surface area contributed by atoms with Crippen LogP contribution in [0.5, 0.6) is 0 Å². The fraction of sp³-hybridized carbons (Fsp3) is 0.0714. The van der Waals surface area contributed by atoms with Crippen molar-refractivity contribution in [1.29, 1.82) is 0 Å². The molecule has 0 fully saturated rings. The van der Waals surface area contributed by atoms with E-state index >= 15 is 0 Å². The summed E-state index contributed by atoms with van der Waals surface area (Å²) in [5, 5.41) is 1.05. The third kappa shape index (κ3) is 1.78. The third-order valence-corrected chi connectivity index (χ3v) is 3.86. The van der Waals surface area contributed by atoms with Crippen molar-refractivity contribution in [3.05, 3.63) is 48.0 Å². The molecule has 84 valence electrons. The number of aromatic nitrogens is 1. The van der Waals surface area contributed by atoms with Gasteiger partial charge in [-0.3, -0.25) is 0 Å². The van der Waals surface area contributed by atoms with Crippen molar-refractivity contribution >= 4 is 27.2 Å². The molecule has 3 heteroatoms. The second kappa shape index (κ2) is 3.86. The molecule has 0 spiro atoms. The smallest absolute Gasteiger partial charge is 0.124 e. The van der Waals surface area contributed by atoms with Crippen LogP contribution in [0, 0.1) is 6.92 Å². The van der Waals surface area contributed by atoms with Crippen LogP contribution < -0.4 is 5.73 Å². The summed E-state index contributed by atoms with van der Waals surface area (Å²) in [6.45, 7) is 2.01. The lowest BCUT2D eigenvalue weighted by molar-refractivity contribution is 1.44. The van der Waals surface area contributed by atoms with Crippen LogP contribution >= 0.6 is 11.3 Å². The van der Waals surface area contributed by atoms with Crippen LogP contribution in [0.25, 0.3) is 20.8 Å². The highest BCUT2D eigenvalue weighted by Crippen LogP contribution is 2.32. The van der Waals surface area contributed by atoms with E-state index in [2.05, 4.69) is 17.1 Å². The quantitative estimate of drug-likeness (QED) is 0.656. The van der Waals surface area contributed by atoms with Crippen LogP contribution in [-0.2, 0) is 0 Å². The number of anilines is 1. The number of aryl methyl sites for hydroxylation is 1. The molecule has 17 heavy (non-hydrogen) atoms. The first-order valence-electron chi connectivity index (χ1n) is 5.46. The van der Waals surface area contributed by atoms with Crippen molar-refractivity contribution in [2.24, 2.45) is 0 Å². The topological polar surface area (TPSA) is 38.9 Å². The molecule has 0 aliphatic heterocycles. The number of fused-ring (bicyclic) bond motifs is 1. The van der Waals surface area contributed by atoms with Gasteiger partial charge in [0.1, 0.15) is 5.01 Å². The molecule has 3 aromatic rings. The van der Waals surface area contributed by atoms with Crippen LogP contribution in [0.2, 0.25) is 0 Å². The van der Waals surface area contributed by atoms with E-state index in [1.165, 1.54) is 0 Å². The number of hydrogen-bond acceptors (Lipinski definition) is 3. The summed E-state index contributed by atoms with van der Waals surface area (Å²) in [7, 11) is 0. The molecule has 1 aromatic heterocycles. The zero-order valence-electron chi connectivity index (χ0n) is 9.47. The lowest BCUT2D eigenvalue weighted by Crippen LogP contribution is -1.87. The maximum Gasteiger partial charge on any atom is 0.124 e. The normalized spacial score (nSPS) is 10.9. The SMILES string of the molecule is Cc1cc2nc(-c3ccccc3)sc2cc1N. The predicted molar refractivity (Wildman–Crippen MR) is 74.2 cm³/mol. The second-order valence-electron chi connectivity index (χ2n) is 4.06. The Morgan fingerprint density at radius 3 is 2.65 bits per heavy atom. The first-order chi connectivity index (χ1) is 8.24. The predicted octanol–water partition coefficient (Wildman–Crippen LogP) is 3.85. The molecule has 3 rings (SSSR count). The Hall–Kier alpha value is -1.87. The largest absolute Gasteiger partial charge is 0.398 e. The van der Waals surface area contributed by atoms with Gasteiger partial charge in [-0.15, -0.1) is 11.3 Å². The minimum Gasteiger partial charge on any atom is -0.398 e. The summed E-state index contributed by atoms with van der Waals surface area (Å²) in [5.74, 6) is 0. The molecular formula is C14H12N2S. The van der Waals surface area contributed by atoms with Gasteiger partial charge in [0.15, 0.2) is 0 Å². The van der Waals surface area contributed by atoms with E-state index in [1.807, 2.05) is 37.3 Å². The lowest BCUT2D eigenvalue weighted by atomic mass is 10.2. The molecule has 1 heterocycles. The highest BCUT2D eigenvalue weighted by atomic mass is 32.1. The Kier molecular flexibility index (Phi) is 2.34. The number of hydrogen-bond donors (Lipinski definition) is 1. The van der Waals surface area contributed by atoms with E-state index in [1.54, 1.807) is 11.3 Å². The molecule has 0 radical (unpaired) electrons. The van der Waals surface area contributed by atoms with E-state index in [0.717, 1.165) is 32.0 Å². The first-order valence-corrected chi connectivity index (χ1v) is 6.28. The maximum atomic E-state index is 5.91. The number of nitrogen functional groups attached to an aromatic ring is 1. The Morgan fingerprint density at radius 1 is 1.12 bits per heavy atom. The Balaban J connectivity index is 2.21. The Morgan fingerprint density at radius 2 is 1.88 bits per heavy atom. The van der Waals surface area contributed by atoms with Gasteiger partial charge in [-0.05, 0) is 24.6 Å². The van der Waals surface area contributed by atoms with Crippen LogP contribution in [0.15, 0.2) is 42.5 Å². The van der Waals surface area contributed by atoms with Crippen molar-refractivity contribution < 1.29 is 0 Å². The molecule has 0 amide bonds. The molecule has 0 unspecified atom stereocenters. The van der Waals surface area contributed by atoms with Gasteiger partial charge in [0.05, 0.1) is 10.2 Å². The van der Waals surface area contributed by atoms with E-state index < -0.39 is 0 Å². The van der Waals surface area contributed by atoms with Gasteiger partial charge in [-0.1, -0.05) is 30.3 Å². The summed E-state index contributed by atoms with van der Waals surface area (Å²) in [5.41, 5.74) is 10.0. The van der Waals surface area contributed by atoms with Crippen molar-refractivity contribution in [3.8, 4) is 10.6 Å². The fourth-order valence-corrected chi connectivity index (χ4v) is 2.80. The molecule has 2 nitrogen and oxygen atoms in total. The lowest BCUT2D eigenvalue weighted by Gasteiger charge is -1.97. The number of nitrogens with two attached hydrogens (primary N) is 1. The van der Waals surface area contributed by atoms with Crippen LogP contribution in [0.3, 0.4) is 0 Å². The molecule has 0 atom stereocenters. The van der Waals surface area contributed by atoms with Gasteiger partial charge >= 0.3 is 0 Å². The van der Waals surface area contributed by atoms with Crippen molar-refractivity contribution in [3.63, 3.8) is 0 Å². The Bertz CT molecular complexity index is 632.